The van der Waals surface area contributed by atoms with Crippen molar-refractivity contribution in [3.05, 3.63) is 0 Å². The highest BCUT2D eigenvalue weighted by Gasteiger charge is 2.44. The zero-order valence-electron chi connectivity index (χ0n) is 10.8. The van der Waals surface area contributed by atoms with Crippen LogP contribution in [0.3, 0.4) is 0 Å². The van der Waals surface area contributed by atoms with E-state index in [1.165, 1.54) is 6.42 Å². The largest absolute Gasteiger partial charge is 0.480 e. The molecule has 0 spiro atoms. The summed E-state index contributed by atoms with van der Waals surface area (Å²) in [6.07, 6.45) is 6.98. The molecule has 0 saturated heterocycles. The minimum atomic E-state index is -0.624. The van der Waals surface area contributed by atoms with Gasteiger partial charge in [-0.1, -0.05) is 33.1 Å². The average Bonchev–Trinajstić information content (AvgIpc) is 2.31. The molecule has 1 aliphatic carbocycles. The van der Waals surface area contributed by atoms with Crippen LogP contribution in [0.15, 0.2) is 0 Å². The van der Waals surface area contributed by atoms with Crippen molar-refractivity contribution in [2.24, 2.45) is 0 Å². The number of hydrogen-bond acceptors (Lipinski definition) is 2. The molecule has 1 N–H and O–H groups in total. The second-order valence-electron chi connectivity index (χ2n) is 4.98. The van der Waals surface area contributed by atoms with Crippen LogP contribution in [-0.4, -0.2) is 34.6 Å². The minimum Gasteiger partial charge on any atom is -0.480 e. The van der Waals surface area contributed by atoms with Gasteiger partial charge >= 0.3 is 5.97 Å². The van der Waals surface area contributed by atoms with Crippen molar-refractivity contribution < 1.29 is 9.90 Å². The van der Waals surface area contributed by atoms with Gasteiger partial charge in [0.05, 0.1) is 0 Å². The number of likely N-dealkylation sites (N-methyl/N-ethyl adjacent to an activating group) is 1. The SMILES string of the molecule is CCC(CC)N(C)C1(C(=O)O)CCCCC1. The highest BCUT2D eigenvalue weighted by Crippen LogP contribution is 2.35. The highest BCUT2D eigenvalue weighted by molar-refractivity contribution is 5.79. The Morgan fingerprint density at radius 1 is 1.25 bits per heavy atom. The standard InChI is InChI=1S/C13H25NO2/c1-4-11(5-2)14(3)13(12(15)16)9-7-6-8-10-13/h11H,4-10H2,1-3H3,(H,15,16). The number of carboxylic acid groups (broad SMARTS) is 1. The monoisotopic (exact) mass is 227 g/mol. The summed E-state index contributed by atoms with van der Waals surface area (Å²) in [6, 6.07) is 0.397. The topological polar surface area (TPSA) is 40.5 Å². The molecule has 0 aromatic rings. The first-order chi connectivity index (χ1) is 7.58. The third-order valence-corrected chi connectivity index (χ3v) is 4.24. The summed E-state index contributed by atoms with van der Waals surface area (Å²) in [6.45, 7) is 4.28. The molecule has 0 radical (unpaired) electrons. The van der Waals surface area contributed by atoms with Gasteiger partial charge < -0.3 is 5.11 Å². The molecule has 3 heteroatoms. The number of nitrogens with zero attached hydrogens (tertiary/aromatic N) is 1. The maximum atomic E-state index is 11.6. The van der Waals surface area contributed by atoms with Crippen molar-refractivity contribution in [3.63, 3.8) is 0 Å². The molecule has 0 aromatic carbocycles. The Kier molecular flexibility index (Phi) is 4.78. The summed E-state index contributed by atoms with van der Waals surface area (Å²) in [5, 5.41) is 9.56. The predicted octanol–water partition coefficient (Wildman–Crippen LogP) is 2.89. The van der Waals surface area contributed by atoms with Crippen molar-refractivity contribution in [2.75, 3.05) is 7.05 Å². The van der Waals surface area contributed by atoms with Gasteiger partial charge in [-0.2, -0.15) is 0 Å². The fraction of sp³-hybridized carbons (Fsp3) is 0.923. The highest BCUT2D eigenvalue weighted by atomic mass is 16.4. The Bertz CT molecular complexity index is 230. The molecule has 0 atom stereocenters. The van der Waals surface area contributed by atoms with E-state index < -0.39 is 11.5 Å². The average molecular weight is 227 g/mol. The van der Waals surface area contributed by atoms with Gasteiger partial charge in [-0.25, -0.2) is 0 Å². The van der Waals surface area contributed by atoms with Crippen molar-refractivity contribution >= 4 is 5.97 Å². The van der Waals surface area contributed by atoms with Gasteiger partial charge in [0.15, 0.2) is 0 Å². The van der Waals surface area contributed by atoms with Crippen LogP contribution in [0.25, 0.3) is 0 Å². The first kappa shape index (κ1) is 13.5. The molecule has 1 saturated carbocycles. The van der Waals surface area contributed by atoms with E-state index in [-0.39, 0.29) is 0 Å². The summed E-state index contributed by atoms with van der Waals surface area (Å²) in [5.74, 6) is -0.624. The van der Waals surface area contributed by atoms with Gasteiger partial charge in [0.2, 0.25) is 0 Å². The molecule has 0 unspecified atom stereocenters. The van der Waals surface area contributed by atoms with E-state index in [0.29, 0.717) is 6.04 Å². The Balaban J connectivity index is 2.87. The van der Waals surface area contributed by atoms with Crippen molar-refractivity contribution in [1.29, 1.82) is 0 Å². The maximum Gasteiger partial charge on any atom is 0.324 e. The molecule has 0 aliphatic heterocycles. The molecule has 1 rings (SSSR count). The van der Waals surface area contributed by atoms with Crippen LogP contribution in [0.1, 0.15) is 58.8 Å². The molecule has 1 fully saturated rings. The third kappa shape index (κ3) is 2.40. The van der Waals surface area contributed by atoms with Crippen LogP contribution in [0.5, 0.6) is 0 Å². The second kappa shape index (κ2) is 5.67. The van der Waals surface area contributed by atoms with Crippen molar-refractivity contribution in [1.82, 2.24) is 4.90 Å². The van der Waals surface area contributed by atoms with Gasteiger partial charge in [0, 0.05) is 6.04 Å². The maximum absolute atomic E-state index is 11.6. The van der Waals surface area contributed by atoms with E-state index in [2.05, 4.69) is 18.7 Å². The van der Waals surface area contributed by atoms with Crippen LogP contribution in [0.2, 0.25) is 0 Å². The molecule has 0 heterocycles. The van der Waals surface area contributed by atoms with Crippen LogP contribution in [0.4, 0.5) is 0 Å². The lowest BCUT2D eigenvalue weighted by molar-refractivity contribution is -0.155. The van der Waals surface area contributed by atoms with E-state index in [1.54, 1.807) is 0 Å². The van der Waals surface area contributed by atoms with E-state index >= 15 is 0 Å². The van der Waals surface area contributed by atoms with Gasteiger partial charge in [-0.15, -0.1) is 0 Å². The Morgan fingerprint density at radius 2 is 1.75 bits per heavy atom. The molecule has 0 aromatic heterocycles. The van der Waals surface area contributed by atoms with Gasteiger partial charge in [-0.3, -0.25) is 9.69 Å². The van der Waals surface area contributed by atoms with E-state index in [1.807, 2.05) is 7.05 Å². The summed E-state index contributed by atoms with van der Waals surface area (Å²) < 4.78 is 0. The molecular formula is C13H25NO2. The summed E-state index contributed by atoms with van der Waals surface area (Å²) in [4.78, 5) is 13.7. The van der Waals surface area contributed by atoms with E-state index in [0.717, 1.165) is 38.5 Å². The van der Waals surface area contributed by atoms with Gasteiger partial charge in [0.25, 0.3) is 0 Å². The number of rotatable bonds is 5. The zero-order valence-corrected chi connectivity index (χ0v) is 10.8. The molecule has 0 bridgehead atoms. The smallest absolute Gasteiger partial charge is 0.324 e. The zero-order chi connectivity index (χ0) is 12.2. The van der Waals surface area contributed by atoms with E-state index in [4.69, 9.17) is 0 Å². The number of aliphatic carboxylic acids is 1. The molecule has 16 heavy (non-hydrogen) atoms. The Morgan fingerprint density at radius 3 is 2.12 bits per heavy atom. The molecular weight excluding hydrogens is 202 g/mol. The lowest BCUT2D eigenvalue weighted by Gasteiger charge is -2.44. The first-order valence-corrected chi connectivity index (χ1v) is 6.54. The lowest BCUT2D eigenvalue weighted by atomic mass is 9.79. The second-order valence-corrected chi connectivity index (χ2v) is 4.98. The molecule has 0 amide bonds. The molecule has 3 nitrogen and oxygen atoms in total. The predicted molar refractivity (Wildman–Crippen MR) is 65.6 cm³/mol. The third-order valence-electron chi connectivity index (χ3n) is 4.24. The molecule has 94 valence electrons. The number of carboxylic acids is 1. The van der Waals surface area contributed by atoms with Crippen molar-refractivity contribution in [3.8, 4) is 0 Å². The number of carbonyl (C=O) groups is 1. The van der Waals surface area contributed by atoms with E-state index in [9.17, 15) is 9.90 Å². The first-order valence-electron chi connectivity index (χ1n) is 6.54. The summed E-state index contributed by atoms with van der Waals surface area (Å²) >= 11 is 0. The normalized spacial score (nSPS) is 20.3. The Labute approximate surface area is 98.8 Å². The number of hydrogen-bond donors (Lipinski definition) is 1. The molecule has 1 aliphatic rings. The fourth-order valence-electron chi connectivity index (χ4n) is 3.04. The fourth-order valence-corrected chi connectivity index (χ4v) is 3.04. The lowest BCUT2D eigenvalue weighted by Crippen LogP contribution is -2.57. The van der Waals surface area contributed by atoms with Crippen LogP contribution in [-0.2, 0) is 4.79 Å². The van der Waals surface area contributed by atoms with Crippen LogP contribution < -0.4 is 0 Å². The minimum absolute atomic E-state index is 0.397. The Hall–Kier alpha value is -0.570. The van der Waals surface area contributed by atoms with Gasteiger partial charge in [-0.05, 0) is 32.7 Å². The summed E-state index contributed by atoms with van der Waals surface area (Å²) in [7, 11) is 2.00. The van der Waals surface area contributed by atoms with Crippen molar-refractivity contribution in [2.45, 2.75) is 70.4 Å². The van der Waals surface area contributed by atoms with Crippen LogP contribution >= 0.6 is 0 Å². The van der Waals surface area contributed by atoms with Crippen LogP contribution in [0, 0.1) is 0 Å². The quantitative estimate of drug-likeness (QED) is 0.785. The summed E-state index contributed by atoms with van der Waals surface area (Å²) in [5.41, 5.74) is -0.588. The van der Waals surface area contributed by atoms with Gasteiger partial charge in [0.1, 0.15) is 5.54 Å².